The number of benzene rings is 1. The molecule has 1 fully saturated rings. The Morgan fingerprint density at radius 1 is 1.12 bits per heavy atom. The SMILES string of the molecule is CCCCc1ccc(C2(C)OCCO2)cc1. The zero-order chi connectivity index (χ0) is 11.4. The van der Waals surface area contributed by atoms with E-state index in [1.165, 1.54) is 18.4 Å². The minimum atomic E-state index is -0.525. The first kappa shape index (κ1) is 11.6. The molecule has 2 rings (SSSR count). The van der Waals surface area contributed by atoms with Crippen molar-refractivity contribution in [1.82, 2.24) is 0 Å². The molecule has 88 valence electrons. The number of aryl methyl sites for hydroxylation is 1. The molecule has 1 aliphatic heterocycles. The second kappa shape index (κ2) is 4.98. The van der Waals surface area contributed by atoms with Crippen LogP contribution in [0.15, 0.2) is 24.3 Å². The number of rotatable bonds is 4. The summed E-state index contributed by atoms with van der Waals surface area (Å²) in [6.45, 7) is 5.58. The smallest absolute Gasteiger partial charge is 0.192 e. The lowest BCUT2D eigenvalue weighted by atomic mass is 10.0. The number of hydrogen-bond acceptors (Lipinski definition) is 2. The zero-order valence-corrected chi connectivity index (χ0v) is 10.2. The summed E-state index contributed by atoms with van der Waals surface area (Å²) in [6, 6.07) is 8.61. The second-order valence-electron chi connectivity index (χ2n) is 4.44. The molecule has 0 unspecified atom stereocenters. The van der Waals surface area contributed by atoms with Gasteiger partial charge >= 0.3 is 0 Å². The van der Waals surface area contributed by atoms with Crippen LogP contribution in [0.2, 0.25) is 0 Å². The fraction of sp³-hybridized carbons (Fsp3) is 0.571. The number of unbranched alkanes of at least 4 members (excludes halogenated alkanes) is 1. The van der Waals surface area contributed by atoms with Gasteiger partial charge in [0.2, 0.25) is 0 Å². The van der Waals surface area contributed by atoms with E-state index in [1.807, 2.05) is 6.92 Å². The van der Waals surface area contributed by atoms with Gasteiger partial charge in [-0.2, -0.15) is 0 Å². The maximum atomic E-state index is 5.63. The van der Waals surface area contributed by atoms with Crippen molar-refractivity contribution in [3.63, 3.8) is 0 Å². The molecule has 16 heavy (non-hydrogen) atoms. The first-order valence-corrected chi connectivity index (χ1v) is 6.12. The van der Waals surface area contributed by atoms with Gasteiger partial charge in [0.1, 0.15) is 0 Å². The summed E-state index contributed by atoms with van der Waals surface area (Å²) in [5.41, 5.74) is 2.51. The molecule has 0 N–H and O–H groups in total. The summed E-state index contributed by atoms with van der Waals surface area (Å²) in [5.74, 6) is -0.525. The van der Waals surface area contributed by atoms with Crippen LogP contribution < -0.4 is 0 Å². The Morgan fingerprint density at radius 2 is 1.75 bits per heavy atom. The van der Waals surface area contributed by atoms with Crippen molar-refractivity contribution in [1.29, 1.82) is 0 Å². The van der Waals surface area contributed by atoms with Crippen LogP contribution in [0.4, 0.5) is 0 Å². The second-order valence-corrected chi connectivity index (χ2v) is 4.44. The standard InChI is InChI=1S/C14H20O2/c1-3-4-5-12-6-8-13(9-7-12)14(2)15-10-11-16-14/h6-9H,3-5,10-11H2,1-2H3. The highest BCUT2D eigenvalue weighted by Gasteiger charge is 2.32. The van der Waals surface area contributed by atoms with E-state index in [0.717, 1.165) is 12.0 Å². The van der Waals surface area contributed by atoms with Gasteiger partial charge in [-0.05, 0) is 25.3 Å². The summed E-state index contributed by atoms with van der Waals surface area (Å²) in [5, 5.41) is 0. The molecule has 0 spiro atoms. The summed E-state index contributed by atoms with van der Waals surface area (Å²) < 4.78 is 11.3. The Balaban J connectivity index is 2.06. The highest BCUT2D eigenvalue weighted by Crippen LogP contribution is 2.30. The van der Waals surface area contributed by atoms with Gasteiger partial charge in [0.15, 0.2) is 5.79 Å². The molecule has 1 saturated heterocycles. The molecule has 2 nitrogen and oxygen atoms in total. The predicted molar refractivity (Wildman–Crippen MR) is 64.3 cm³/mol. The van der Waals surface area contributed by atoms with Crippen LogP contribution in [0, 0.1) is 0 Å². The number of ether oxygens (including phenoxy) is 2. The molecule has 0 aliphatic carbocycles. The van der Waals surface area contributed by atoms with Gasteiger partial charge in [-0.25, -0.2) is 0 Å². The van der Waals surface area contributed by atoms with Crippen LogP contribution in [0.25, 0.3) is 0 Å². The molecule has 0 saturated carbocycles. The molecule has 0 atom stereocenters. The average molecular weight is 220 g/mol. The molecule has 0 bridgehead atoms. The Morgan fingerprint density at radius 3 is 2.31 bits per heavy atom. The maximum Gasteiger partial charge on any atom is 0.192 e. The fourth-order valence-corrected chi connectivity index (χ4v) is 2.04. The summed E-state index contributed by atoms with van der Waals surface area (Å²) in [6.07, 6.45) is 3.66. The first-order valence-electron chi connectivity index (χ1n) is 6.12. The monoisotopic (exact) mass is 220 g/mol. The maximum absolute atomic E-state index is 5.63. The van der Waals surface area contributed by atoms with Gasteiger partial charge in [-0.15, -0.1) is 0 Å². The summed E-state index contributed by atoms with van der Waals surface area (Å²) >= 11 is 0. The van der Waals surface area contributed by atoms with E-state index >= 15 is 0 Å². The van der Waals surface area contributed by atoms with Crippen molar-refractivity contribution in [2.45, 2.75) is 38.9 Å². The van der Waals surface area contributed by atoms with Gasteiger partial charge in [0.05, 0.1) is 13.2 Å². The molecular formula is C14H20O2. The van der Waals surface area contributed by atoms with Crippen LogP contribution in [0.5, 0.6) is 0 Å². The van der Waals surface area contributed by atoms with E-state index in [4.69, 9.17) is 9.47 Å². The van der Waals surface area contributed by atoms with E-state index in [-0.39, 0.29) is 0 Å². The van der Waals surface area contributed by atoms with Crippen LogP contribution in [-0.4, -0.2) is 13.2 Å². The van der Waals surface area contributed by atoms with Crippen LogP contribution in [-0.2, 0) is 21.7 Å². The predicted octanol–water partition coefficient (Wildman–Crippen LogP) is 3.25. The average Bonchev–Trinajstić information content (AvgIpc) is 2.75. The van der Waals surface area contributed by atoms with E-state index in [9.17, 15) is 0 Å². The molecule has 0 aromatic heterocycles. The third-order valence-electron chi connectivity index (χ3n) is 3.14. The van der Waals surface area contributed by atoms with E-state index < -0.39 is 5.79 Å². The van der Waals surface area contributed by atoms with E-state index in [1.54, 1.807) is 0 Å². The molecule has 0 radical (unpaired) electrons. The highest BCUT2D eigenvalue weighted by molar-refractivity contribution is 5.26. The lowest BCUT2D eigenvalue weighted by Crippen LogP contribution is -2.22. The lowest BCUT2D eigenvalue weighted by Gasteiger charge is -2.22. The summed E-state index contributed by atoms with van der Waals surface area (Å²) in [7, 11) is 0. The third-order valence-corrected chi connectivity index (χ3v) is 3.14. The van der Waals surface area contributed by atoms with Crippen molar-refractivity contribution >= 4 is 0 Å². The van der Waals surface area contributed by atoms with E-state index in [2.05, 4.69) is 31.2 Å². The third kappa shape index (κ3) is 2.45. The summed E-state index contributed by atoms with van der Waals surface area (Å²) in [4.78, 5) is 0. The van der Waals surface area contributed by atoms with Gasteiger partial charge in [-0.3, -0.25) is 0 Å². The minimum Gasteiger partial charge on any atom is -0.344 e. The van der Waals surface area contributed by atoms with Gasteiger partial charge < -0.3 is 9.47 Å². The molecule has 0 amide bonds. The molecular weight excluding hydrogens is 200 g/mol. The zero-order valence-electron chi connectivity index (χ0n) is 10.2. The van der Waals surface area contributed by atoms with Crippen molar-refractivity contribution in [3.05, 3.63) is 35.4 Å². The molecule has 1 aromatic rings. The Labute approximate surface area is 97.6 Å². The van der Waals surface area contributed by atoms with Crippen LogP contribution in [0.1, 0.15) is 37.8 Å². The fourth-order valence-electron chi connectivity index (χ4n) is 2.04. The lowest BCUT2D eigenvalue weighted by molar-refractivity contribution is -0.149. The van der Waals surface area contributed by atoms with Gasteiger partial charge in [0.25, 0.3) is 0 Å². The normalized spacial score (nSPS) is 18.9. The van der Waals surface area contributed by atoms with Crippen LogP contribution >= 0.6 is 0 Å². The topological polar surface area (TPSA) is 18.5 Å². The Kier molecular flexibility index (Phi) is 3.62. The van der Waals surface area contributed by atoms with Crippen molar-refractivity contribution in [3.8, 4) is 0 Å². The molecule has 1 aliphatic rings. The minimum absolute atomic E-state index is 0.525. The van der Waals surface area contributed by atoms with Crippen molar-refractivity contribution < 1.29 is 9.47 Å². The molecule has 1 aromatic carbocycles. The first-order chi connectivity index (χ1) is 7.74. The quantitative estimate of drug-likeness (QED) is 0.775. The Hall–Kier alpha value is -0.860. The van der Waals surface area contributed by atoms with Gasteiger partial charge in [0, 0.05) is 5.56 Å². The largest absolute Gasteiger partial charge is 0.344 e. The van der Waals surface area contributed by atoms with Crippen molar-refractivity contribution in [2.75, 3.05) is 13.2 Å². The van der Waals surface area contributed by atoms with Gasteiger partial charge in [-0.1, -0.05) is 37.6 Å². The van der Waals surface area contributed by atoms with Crippen LogP contribution in [0.3, 0.4) is 0 Å². The van der Waals surface area contributed by atoms with E-state index in [0.29, 0.717) is 13.2 Å². The van der Waals surface area contributed by atoms with Crippen molar-refractivity contribution in [2.24, 2.45) is 0 Å². The molecule has 2 heteroatoms. The molecule has 1 heterocycles. The highest BCUT2D eigenvalue weighted by atomic mass is 16.7. The Bertz CT molecular complexity index is 323. The number of hydrogen-bond donors (Lipinski definition) is 0.